The third-order valence-electron chi connectivity index (χ3n) is 2.26. The van der Waals surface area contributed by atoms with Gasteiger partial charge in [-0.3, -0.25) is 0 Å². The average Bonchev–Trinajstić information content (AvgIpc) is 2.72. The number of carbonyl (C=O) groups excluding carboxylic acids is 1. The first-order valence-electron chi connectivity index (χ1n) is 5.02. The van der Waals surface area contributed by atoms with Crippen molar-refractivity contribution in [3.05, 3.63) is 50.4 Å². The Morgan fingerprint density at radius 1 is 1.44 bits per heavy atom. The molecule has 1 heterocycles. The van der Waals surface area contributed by atoms with E-state index in [1.165, 1.54) is 23.5 Å². The van der Waals surface area contributed by atoms with Crippen LogP contribution in [-0.4, -0.2) is 5.97 Å². The normalized spacial score (nSPS) is 10.3. The van der Waals surface area contributed by atoms with Crippen LogP contribution in [0.2, 0.25) is 0 Å². The predicted molar refractivity (Wildman–Crippen MR) is 72.0 cm³/mol. The average molecular weight is 330 g/mol. The molecule has 1 aromatic heterocycles. The monoisotopic (exact) mass is 329 g/mol. The van der Waals surface area contributed by atoms with Crippen LogP contribution in [0.3, 0.4) is 0 Å². The summed E-state index contributed by atoms with van der Waals surface area (Å²) in [6.07, 6.45) is 0. The Balaban J connectivity index is 2.06. The number of rotatable bonds is 3. The summed E-state index contributed by atoms with van der Waals surface area (Å²) < 4.78 is 18.8. The van der Waals surface area contributed by atoms with Gasteiger partial charge in [0, 0.05) is 10.2 Å². The summed E-state index contributed by atoms with van der Waals surface area (Å²) in [5.74, 6) is -1.04. The summed E-state index contributed by atoms with van der Waals surface area (Å²) in [6.45, 7) is 0.161. The topological polar surface area (TPSA) is 52.3 Å². The van der Waals surface area contributed by atoms with Gasteiger partial charge in [-0.1, -0.05) is 0 Å². The van der Waals surface area contributed by atoms with E-state index in [-0.39, 0.29) is 17.9 Å². The highest BCUT2D eigenvalue weighted by atomic mass is 79.9. The van der Waals surface area contributed by atoms with Crippen LogP contribution >= 0.6 is 27.3 Å². The van der Waals surface area contributed by atoms with Gasteiger partial charge in [0.05, 0.1) is 10.4 Å². The second-order valence-corrected chi connectivity index (χ2v) is 5.35. The highest BCUT2D eigenvalue weighted by molar-refractivity contribution is 9.10. The maximum atomic E-state index is 12.8. The van der Waals surface area contributed by atoms with E-state index >= 15 is 0 Å². The van der Waals surface area contributed by atoms with Crippen LogP contribution in [0.4, 0.5) is 10.1 Å². The summed E-state index contributed by atoms with van der Waals surface area (Å²) in [5.41, 5.74) is 5.80. The molecule has 2 aromatic rings. The molecule has 0 fully saturated rings. The first-order valence-corrected chi connectivity index (χ1v) is 6.69. The van der Waals surface area contributed by atoms with Crippen LogP contribution in [0.5, 0.6) is 0 Å². The number of thiophene rings is 1. The Kier molecular flexibility index (Phi) is 3.98. The molecule has 0 unspecified atom stereocenters. The van der Waals surface area contributed by atoms with E-state index in [1.54, 1.807) is 0 Å². The third-order valence-corrected chi connectivity index (χ3v) is 4.16. The first-order chi connectivity index (χ1) is 8.58. The van der Waals surface area contributed by atoms with Crippen molar-refractivity contribution >= 4 is 38.9 Å². The molecule has 2 N–H and O–H groups in total. The number of hydrogen-bond donors (Lipinski definition) is 1. The van der Waals surface area contributed by atoms with Gasteiger partial charge in [-0.2, -0.15) is 0 Å². The molecule has 0 aliphatic rings. The Morgan fingerprint density at radius 3 is 2.83 bits per heavy atom. The summed E-state index contributed by atoms with van der Waals surface area (Å²) >= 11 is 4.82. The smallest absolute Gasteiger partial charge is 0.340 e. The van der Waals surface area contributed by atoms with Gasteiger partial charge in [-0.05, 0) is 45.6 Å². The zero-order valence-electron chi connectivity index (χ0n) is 9.15. The minimum Gasteiger partial charge on any atom is -0.456 e. The maximum absolute atomic E-state index is 12.8. The van der Waals surface area contributed by atoms with E-state index < -0.39 is 11.8 Å². The van der Waals surface area contributed by atoms with Crippen molar-refractivity contribution in [1.82, 2.24) is 0 Å². The van der Waals surface area contributed by atoms with Crippen molar-refractivity contribution in [3.63, 3.8) is 0 Å². The van der Waals surface area contributed by atoms with E-state index in [9.17, 15) is 9.18 Å². The lowest BCUT2D eigenvalue weighted by Crippen LogP contribution is -2.08. The largest absolute Gasteiger partial charge is 0.456 e. The second kappa shape index (κ2) is 5.49. The number of halogens is 2. The second-order valence-electron chi connectivity index (χ2n) is 3.50. The summed E-state index contributed by atoms with van der Waals surface area (Å²) in [4.78, 5) is 12.7. The van der Waals surface area contributed by atoms with Gasteiger partial charge >= 0.3 is 5.97 Å². The highest BCUT2D eigenvalue weighted by Crippen LogP contribution is 2.24. The van der Waals surface area contributed by atoms with Gasteiger partial charge in [0.2, 0.25) is 0 Å². The third kappa shape index (κ3) is 2.88. The molecule has 1 aromatic carbocycles. The number of benzene rings is 1. The Labute approximate surface area is 116 Å². The molecule has 0 amide bonds. The first kappa shape index (κ1) is 13.0. The minimum atomic E-state index is -0.562. The van der Waals surface area contributed by atoms with E-state index in [2.05, 4.69) is 15.9 Å². The zero-order chi connectivity index (χ0) is 13.1. The molecule has 94 valence electrons. The van der Waals surface area contributed by atoms with Crippen LogP contribution in [0.15, 0.2) is 34.1 Å². The fraction of sp³-hybridized carbons (Fsp3) is 0.0833. The quantitative estimate of drug-likeness (QED) is 0.691. The van der Waals surface area contributed by atoms with Gasteiger partial charge in [-0.15, -0.1) is 11.3 Å². The van der Waals surface area contributed by atoms with E-state index in [0.29, 0.717) is 0 Å². The molecule has 6 heteroatoms. The molecule has 0 aliphatic carbocycles. The van der Waals surface area contributed by atoms with Crippen molar-refractivity contribution < 1.29 is 13.9 Å². The lowest BCUT2D eigenvalue weighted by atomic mass is 10.2. The van der Waals surface area contributed by atoms with Crippen molar-refractivity contribution in [3.8, 4) is 0 Å². The zero-order valence-corrected chi connectivity index (χ0v) is 11.6. The lowest BCUT2D eigenvalue weighted by molar-refractivity contribution is 0.0477. The number of nitrogens with two attached hydrogens (primary N) is 1. The maximum Gasteiger partial charge on any atom is 0.340 e. The molecule has 0 aliphatic heterocycles. The van der Waals surface area contributed by atoms with Crippen LogP contribution in [0.25, 0.3) is 0 Å². The molecule has 0 saturated heterocycles. The molecule has 2 rings (SSSR count). The molecule has 0 spiro atoms. The van der Waals surface area contributed by atoms with Crippen molar-refractivity contribution in [2.75, 3.05) is 5.73 Å². The van der Waals surface area contributed by atoms with Crippen LogP contribution in [0.1, 0.15) is 15.2 Å². The molecule has 0 atom stereocenters. The van der Waals surface area contributed by atoms with Crippen LogP contribution in [0, 0.1) is 5.82 Å². The Morgan fingerprint density at radius 2 is 2.22 bits per heavy atom. The van der Waals surface area contributed by atoms with E-state index in [1.807, 2.05) is 11.4 Å². The molecule has 3 nitrogen and oxygen atoms in total. The SMILES string of the molecule is Nc1cc(F)ccc1C(=O)OCc1sccc1Br. The number of ether oxygens (including phenoxy) is 1. The lowest BCUT2D eigenvalue weighted by Gasteiger charge is -2.06. The Hall–Kier alpha value is -1.40. The summed E-state index contributed by atoms with van der Waals surface area (Å²) in [7, 11) is 0. The van der Waals surface area contributed by atoms with Crippen molar-refractivity contribution in [2.24, 2.45) is 0 Å². The van der Waals surface area contributed by atoms with Crippen molar-refractivity contribution in [2.45, 2.75) is 6.61 Å². The number of hydrogen-bond acceptors (Lipinski definition) is 4. The van der Waals surface area contributed by atoms with Crippen molar-refractivity contribution in [1.29, 1.82) is 0 Å². The predicted octanol–water partition coefficient (Wildman–Crippen LogP) is 3.59. The molecule has 0 radical (unpaired) electrons. The highest BCUT2D eigenvalue weighted by Gasteiger charge is 2.13. The molecule has 18 heavy (non-hydrogen) atoms. The molecular formula is C12H9BrFNO2S. The Bertz CT molecular complexity index is 585. The van der Waals surface area contributed by atoms with Gasteiger partial charge < -0.3 is 10.5 Å². The molecule has 0 bridgehead atoms. The fourth-order valence-corrected chi connectivity index (χ4v) is 2.73. The number of carbonyl (C=O) groups is 1. The number of nitrogen functional groups attached to an aromatic ring is 1. The number of anilines is 1. The van der Waals surface area contributed by atoms with E-state index in [4.69, 9.17) is 10.5 Å². The number of esters is 1. The summed E-state index contributed by atoms with van der Waals surface area (Å²) in [6, 6.07) is 5.46. The van der Waals surface area contributed by atoms with Crippen LogP contribution in [-0.2, 0) is 11.3 Å². The van der Waals surface area contributed by atoms with Gasteiger partial charge in [0.1, 0.15) is 12.4 Å². The van der Waals surface area contributed by atoms with E-state index in [0.717, 1.165) is 15.4 Å². The molecular weight excluding hydrogens is 321 g/mol. The molecule has 0 saturated carbocycles. The fourth-order valence-electron chi connectivity index (χ4n) is 1.36. The summed E-state index contributed by atoms with van der Waals surface area (Å²) in [5, 5.41) is 1.89. The van der Waals surface area contributed by atoms with Gasteiger partial charge in [-0.25, -0.2) is 9.18 Å². The standard InChI is InChI=1S/C12H9BrFNO2S/c13-9-3-4-18-11(9)6-17-12(16)8-2-1-7(14)5-10(8)15/h1-5H,6,15H2. The van der Waals surface area contributed by atoms with Gasteiger partial charge in [0.25, 0.3) is 0 Å². The van der Waals surface area contributed by atoms with Gasteiger partial charge in [0.15, 0.2) is 0 Å². The van der Waals surface area contributed by atoms with Crippen LogP contribution < -0.4 is 5.73 Å². The minimum absolute atomic E-state index is 0.0743.